The Bertz CT molecular complexity index is 1700. The number of hydrogen-bond donors (Lipinski definition) is 3. The number of hydrogen-bond acceptors (Lipinski definition) is 11. The van der Waals surface area contributed by atoms with Crippen LogP contribution in [0, 0.1) is 12.7 Å². The SMILES string of the molecule is COCCOCCOCCNCc1ccc(-c2cc3nccc(Oc4ccc(NC(=O)Nc5cc(C)on5)cc4F)c3s2)nc1. The molecule has 0 unspecified atom stereocenters. The minimum Gasteiger partial charge on any atom is -0.453 e. The normalized spacial score (nSPS) is 11.2. The van der Waals surface area contributed by atoms with Gasteiger partial charge in [0, 0.05) is 56.5 Å². The van der Waals surface area contributed by atoms with Crippen LogP contribution in [0.3, 0.4) is 0 Å². The molecule has 5 rings (SSSR count). The van der Waals surface area contributed by atoms with Crippen molar-refractivity contribution in [1.29, 1.82) is 0 Å². The Morgan fingerprint density at radius 3 is 2.56 bits per heavy atom. The monoisotopic (exact) mass is 636 g/mol. The summed E-state index contributed by atoms with van der Waals surface area (Å²) in [7, 11) is 1.64. The number of anilines is 2. The number of amides is 2. The predicted octanol–water partition coefficient (Wildman–Crippen LogP) is 6.00. The molecule has 4 heterocycles. The van der Waals surface area contributed by atoms with Gasteiger partial charge < -0.3 is 34.1 Å². The Morgan fingerprint density at radius 1 is 0.956 bits per heavy atom. The number of aryl methyl sites for hydroxylation is 1. The number of methoxy groups -OCH3 is 1. The van der Waals surface area contributed by atoms with Gasteiger partial charge in [0.15, 0.2) is 17.4 Å². The van der Waals surface area contributed by atoms with E-state index in [-0.39, 0.29) is 17.3 Å². The maximum atomic E-state index is 15.0. The average Bonchev–Trinajstić information content (AvgIpc) is 3.66. The molecule has 0 radical (unpaired) electrons. The van der Waals surface area contributed by atoms with Gasteiger partial charge in [-0.2, -0.15) is 0 Å². The van der Waals surface area contributed by atoms with Crippen molar-refractivity contribution in [3.8, 4) is 22.1 Å². The second-order valence-corrected chi connectivity index (χ2v) is 10.8. The molecule has 0 fully saturated rings. The van der Waals surface area contributed by atoms with E-state index < -0.39 is 11.8 Å². The van der Waals surface area contributed by atoms with Crippen molar-refractivity contribution in [2.45, 2.75) is 13.5 Å². The Morgan fingerprint density at radius 2 is 1.80 bits per heavy atom. The summed E-state index contributed by atoms with van der Waals surface area (Å²) in [5, 5.41) is 12.1. The van der Waals surface area contributed by atoms with Gasteiger partial charge in [-0.15, -0.1) is 11.3 Å². The summed E-state index contributed by atoms with van der Waals surface area (Å²) in [5.41, 5.74) is 2.80. The van der Waals surface area contributed by atoms with Crippen LogP contribution in [0.25, 0.3) is 20.8 Å². The summed E-state index contributed by atoms with van der Waals surface area (Å²) < 4.78 is 42.4. The molecule has 4 aromatic heterocycles. The van der Waals surface area contributed by atoms with E-state index >= 15 is 0 Å². The van der Waals surface area contributed by atoms with Gasteiger partial charge in [0.05, 0.1) is 53.8 Å². The van der Waals surface area contributed by atoms with Crippen molar-refractivity contribution in [3.63, 3.8) is 0 Å². The number of urea groups is 1. The Labute approximate surface area is 262 Å². The second-order valence-electron chi connectivity index (χ2n) is 9.73. The molecular weight excluding hydrogens is 603 g/mol. The van der Waals surface area contributed by atoms with Crippen molar-refractivity contribution in [1.82, 2.24) is 20.4 Å². The van der Waals surface area contributed by atoms with E-state index in [1.807, 2.05) is 24.4 Å². The molecule has 14 heteroatoms. The predicted molar refractivity (Wildman–Crippen MR) is 168 cm³/mol. The molecular formula is C31H33FN6O6S. The highest BCUT2D eigenvalue weighted by Crippen LogP contribution is 2.39. The molecule has 2 amide bonds. The van der Waals surface area contributed by atoms with Gasteiger partial charge in [0.25, 0.3) is 0 Å². The van der Waals surface area contributed by atoms with Gasteiger partial charge in [-0.3, -0.25) is 15.3 Å². The quantitative estimate of drug-likeness (QED) is 0.110. The van der Waals surface area contributed by atoms with E-state index in [1.165, 1.54) is 23.5 Å². The molecule has 0 aliphatic rings. The maximum Gasteiger partial charge on any atom is 0.324 e. The molecule has 236 valence electrons. The third-order valence-corrected chi connectivity index (χ3v) is 7.45. The first-order valence-electron chi connectivity index (χ1n) is 14.2. The smallest absolute Gasteiger partial charge is 0.324 e. The van der Waals surface area contributed by atoms with E-state index in [2.05, 4.69) is 31.1 Å². The van der Waals surface area contributed by atoms with E-state index in [4.69, 9.17) is 23.5 Å². The second kappa shape index (κ2) is 16.0. The number of nitrogens with one attached hydrogen (secondary N) is 3. The number of fused-ring (bicyclic) bond motifs is 1. The fraction of sp³-hybridized carbons (Fsp3) is 0.290. The first-order valence-corrected chi connectivity index (χ1v) is 15.0. The largest absolute Gasteiger partial charge is 0.453 e. The molecule has 12 nitrogen and oxygen atoms in total. The summed E-state index contributed by atoms with van der Waals surface area (Å²) in [6.07, 6.45) is 3.44. The van der Waals surface area contributed by atoms with E-state index in [9.17, 15) is 9.18 Å². The Hall–Kier alpha value is -4.47. The number of carbonyl (C=O) groups is 1. The van der Waals surface area contributed by atoms with Crippen molar-refractivity contribution < 1.29 is 32.7 Å². The summed E-state index contributed by atoms with van der Waals surface area (Å²) in [4.78, 5) is 22.2. The van der Waals surface area contributed by atoms with Gasteiger partial charge >= 0.3 is 6.03 Å². The summed E-state index contributed by atoms with van der Waals surface area (Å²) in [6.45, 7) is 5.91. The van der Waals surface area contributed by atoms with Crippen LogP contribution in [-0.2, 0) is 20.8 Å². The van der Waals surface area contributed by atoms with Gasteiger partial charge in [0.1, 0.15) is 11.5 Å². The molecule has 0 bridgehead atoms. The van der Waals surface area contributed by atoms with Gasteiger partial charge in [-0.1, -0.05) is 11.2 Å². The zero-order valence-electron chi connectivity index (χ0n) is 24.8. The fourth-order valence-electron chi connectivity index (χ4n) is 4.12. The highest BCUT2D eigenvalue weighted by Gasteiger charge is 2.15. The van der Waals surface area contributed by atoms with Crippen LogP contribution in [0.4, 0.5) is 20.7 Å². The zero-order valence-corrected chi connectivity index (χ0v) is 25.6. The standard InChI is InChI=1S/C31H33FN6O6S/c1-20-15-29(38-44-20)37-31(39)36-22-4-6-26(23(32)16-22)43-27-7-8-34-25-17-28(45-30(25)27)24-5-3-21(19-35-24)18-33-9-10-41-13-14-42-12-11-40-2/h3-8,15-17,19,33H,9-14,18H2,1-2H3,(H2,36,37,38,39). The van der Waals surface area contributed by atoms with Crippen LogP contribution >= 0.6 is 11.3 Å². The lowest BCUT2D eigenvalue weighted by Gasteiger charge is -2.10. The number of nitrogens with zero attached hydrogens (tertiary/aromatic N) is 3. The number of halogens is 1. The van der Waals surface area contributed by atoms with Crippen molar-refractivity contribution in [2.24, 2.45) is 0 Å². The van der Waals surface area contributed by atoms with Gasteiger partial charge in [0.2, 0.25) is 0 Å². The minimum absolute atomic E-state index is 0.00585. The van der Waals surface area contributed by atoms with Crippen LogP contribution in [0.15, 0.2) is 65.4 Å². The third kappa shape index (κ3) is 9.26. The molecule has 0 atom stereocenters. The van der Waals surface area contributed by atoms with Crippen LogP contribution in [0.2, 0.25) is 0 Å². The number of aromatic nitrogens is 3. The number of ether oxygens (including phenoxy) is 4. The van der Waals surface area contributed by atoms with Crippen LogP contribution in [-0.4, -0.2) is 67.8 Å². The topological polar surface area (TPSA) is 142 Å². The van der Waals surface area contributed by atoms with Gasteiger partial charge in [-0.25, -0.2) is 9.18 Å². The van der Waals surface area contributed by atoms with Crippen LogP contribution in [0.5, 0.6) is 11.5 Å². The van der Waals surface area contributed by atoms with Crippen LogP contribution < -0.4 is 20.7 Å². The zero-order chi connectivity index (χ0) is 31.4. The van der Waals surface area contributed by atoms with Crippen molar-refractivity contribution >= 4 is 39.1 Å². The molecule has 3 N–H and O–H groups in total. The average molecular weight is 637 g/mol. The number of carbonyl (C=O) groups excluding carboxylic acids is 1. The minimum atomic E-state index is -0.642. The Balaban J connectivity index is 1.14. The number of rotatable bonds is 16. The molecule has 0 aliphatic heterocycles. The number of thiophene rings is 1. The lowest BCUT2D eigenvalue weighted by molar-refractivity contribution is 0.0255. The maximum absolute atomic E-state index is 15.0. The first-order chi connectivity index (χ1) is 22.0. The van der Waals surface area contributed by atoms with Crippen molar-refractivity contribution in [2.75, 3.05) is 57.3 Å². The van der Waals surface area contributed by atoms with Crippen molar-refractivity contribution in [3.05, 3.63) is 78.1 Å². The van der Waals surface area contributed by atoms with Gasteiger partial charge in [-0.05, 0) is 36.8 Å². The Kier molecular flexibility index (Phi) is 11.4. The van der Waals surface area contributed by atoms with Crippen LogP contribution in [0.1, 0.15) is 11.3 Å². The summed E-state index contributed by atoms with van der Waals surface area (Å²) >= 11 is 1.46. The number of benzene rings is 1. The van der Waals surface area contributed by atoms with E-state index in [0.29, 0.717) is 63.2 Å². The van der Waals surface area contributed by atoms with E-state index in [1.54, 1.807) is 38.4 Å². The molecule has 0 spiro atoms. The molecule has 0 saturated carbocycles. The lowest BCUT2D eigenvalue weighted by Crippen LogP contribution is -2.20. The molecule has 0 saturated heterocycles. The molecule has 5 aromatic rings. The fourth-order valence-corrected chi connectivity index (χ4v) is 5.16. The molecule has 45 heavy (non-hydrogen) atoms. The highest BCUT2D eigenvalue weighted by molar-refractivity contribution is 7.22. The molecule has 0 aliphatic carbocycles. The summed E-state index contributed by atoms with van der Waals surface area (Å²) in [6, 6.07) is 12.7. The third-order valence-electron chi connectivity index (χ3n) is 6.29. The van der Waals surface area contributed by atoms with E-state index in [0.717, 1.165) is 20.8 Å². The first kappa shape index (κ1) is 31.9. The lowest BCUT2D eigenvalue weighted by atomic mass is 10.2. The molecule has 1 aromatic carbocycles. The summed E-state index contributed by atoms with van der Waals surface area (Å²) in [5.74, 6) is 0.620. The highest BCUT2D eigenvalue weighted by atomic mass is 32.1. The number of pyridine rings is 2.